The number of nitrogens with zero attached hydrogens (tertiary/aromatic N) is 3. The zero-order valence-electron chi connectivity index (χ0n) is 13.9. The Hall–Kier alpha value is -1.57. The van der Waals surface area contributed by atoms with Gasteiger partial charge in [0.1, 0.15) is 0 Å². The molecule has 7 N–H and O–H groups in total. The third-order valence-corrected chi connectivity index (χ3v) is 6.26. The maximum absolute atomic E-state index is 5.51. The maximum Gasteiger partial charge on any atom is 0.523 e. The lowest BCUT2D eigenvalue weighted by Crippen LogP contribution is -2.57. The second-order valence-corrected chi connectivity index (χ2v) is 7.52. The van der Waals surface area contributed by atoms with Crippen molar-refractivity contribution in [1.29, 1.82) is 0 Å². The van der Waals surface area contributed by atoms with Gasteiger partial charge in [0.15, 0.2) is 0 Å². The molecule has 1 unspecified atom stereocenters. The largest absolute Gasteiger partial charge is 0.523 e. The average molecular weight is 346 g/mol. The summed E-state index contributed by atoms with van der Waals surface area (Å²) in [4.78, 5) is 12.7. The van der Waals surface area contributed by atoms with E-state index in [0.717, 1.165) is 0 Å². The van der Waals surface area contributed by atoms with Crippen molar-refractivity contribution in [2.45, 2.75) is 19.0 Å². The van der Waals surface area contributed by atoms with Crippen LogP contribution in [0.3, 0.4) is 0 Å². The molecule has 0 radical (unpaired) electrons. The summed E-state index contributed by atoms with van der Waals surface area (Å²) in [5.41, 5.74) is 10.7. The number of nitrogens with two attached hydrogens (primary N) is 2. The summed E-state index contributed by atoms with van der Waals surface area (Å²) in [6, 6.07) is 0. The van der Waals surface area contributed by atoms with E-state index in [9.17, 15) is 0 Å². The maximum atomic E-state index is 5.51. The molecule has 0 saturated heterocycles. The topological polar surface area (TPSA) is 154 Å². The molecule has 0 amide bonds. The second kappa shape index (κ2) is 9.54. The Morgan fingerprint density at radius 1 is 0.913 bits per heavy atom. The molecule has 1 aromatic rings. The minimum Gasteiger partial charge on any atom is -0.376 e. The predicted octanol–water partition coefficient (Wildman–Crippen LogP) is -0.864. The first-order chi connectivity index (χ1) is 11.1. The van der Waals surface area contributed by atoms with Gasteiger partial charge in [0.2, 0.25) is 17.8 Å². The summed E-state index contributed by atoms with van der Waals surface area (Å²) in [7, 11) is 1.76. The molecule has 1 aromatic heterocycles. The van der Waals surface area contributed by atoms with Crippen LogP contribution >= 0.6 is 0 Å². The fourth-order valence-corrected chi connectivity index (χ4v) is 4.21. The van der Waals surface area contributed by atoms with Crippen molar-refractivity contribution in [2.24, 2.45) is 11.5 Å². The van der Waals surface area contributed by atoms with Gasteiger partial charge in [-0.3, -0.25) is 0 Å². The number of hydrogen-bond donors (Lipinski definition) is 5. The summed E-state index contributed by atoms with van der Waals surface area (Å²) in [6.45, 7) is 2.36. The van der Waals surface area contributed by atoms with Crippen LogP contribution in [0, 0.1) is 0 Å². The van der Waals surface area contributed by atoms with Crippen LogP contribution in [0.15, 0.2) is 0 Å². The van der Waals surface area contributed by atoms with Crippen LogP contribution in [-0.2, 0) is 13.3 Å². The van der Waals surface area contributed by atoms with Crippen molar-refractivity contribution in [1.82, 2.24) is 15.0 Å². The molecule has 0 aromatic carbocycles. The smallest absolute Gasteiger partial charge is 0.376 e. The van der Waals surface area contributed by atoms with Gasteiger partial charge in [-0.25, -0.2) is 0 Å². The Morgan fingerprint density at radius 3 is 1.70 bits per heavy atom. The first kappa shape index (κ1) is 19.5. The normalized spacial score (nSPS) is 12.8. The molecule has 11 nitrogen and oxygen atoms in total. The molecule has 0 aliphatic rings. The number of rotatable bonds is 11. The van der Waals surface area contributed by atoms with E-state index in [0.29, 0.717) is 24.3 Å². The summed E-state index contributed by atoms with van der Waals surface area (Å²) in [5, 5.41) is 8.84. The summed E-state index contributed by atoms with van der Waals surface area (Å²) in [6.07, 6.45) is 0.687. The molecule has 132 valence electrons. The molecule has 1 atom stereocenters. The summed E-state index contributed by atoms with van der Waals surface area (Å²) in [5.74, 6) is 0.993. The molecule has 0 spiro atoms. The lowest BCUT2D eigenvalue weighted by atomic mass is 10.5. The van der Waals surface area contributed by atoms with Crippen LogP contribution in [0.4, 0.5) is 17.8 Å². The Balaban J connectivity index is 3.08. The van der Waals surface area contributed by atoms with Crippen molar-refractivity contribution >= 4 is 26.6 Å². The lowest BCUT2D eigenvalue weighted by Gasteiger charge is -2.32. The summed E-state index contributed by atoms with van der Waals surface area (Å²) < 4.78 is 16.5. The van der Waals surface area contributed by atoms with Gasteiger partial charge in [-0.1, -0.05) is 6.92 Å². The van der Waals surface area contributed by atoms with Gasteiger partial charge in [0.25, 0.3) is 0 Å². The SMILES string of the molecule is CCC(Nc1nc(NCN)nc(NCN)n1)[Si](OC)(OC)OC. The van der Waals surface area contributed by atoms with Gasteiger partial charge in [-0.15, -0.1) is 0 Å². The fourth-order valence-electron chi connectivity index (χ4n) is 2.05. The third-order valence-electron chi connectivity index (χ3n) is 3.15. The second-order valence-electron chi connectivity index (χ2n) is 4.39. The highest BCUT2D eigenvalue weighted by Gasteiger charge is 2.47. The molecule has 1 rings (SSSR count). The van der Waals surface area contributed by atoms with Crippen molar-refractivity contribution < 1.29 is 13.3 Å². The van der Waals surface area contributed by atoms with E-state index in [-0.39, 0.29) is 19.0 Å². The van der Waals surface area contributed by atoms with Crippen molar-refractivity contribution in [3.63, 3.8) is 0 Å². The Bertz CT molecular complexity index is 444. The van der Waals surface area contributed by atoms with Crippen LogP contribution in [0.25, 0.3) is 0 Å². The van der Waals surface area contributed by atoms with Gasteiger partial charge < -0.3 is 40.7 Å². The van der Waals surface area contributed by atoms with Gasteiger partial charge in [-0.05, 0) is 6.42 Å². The van der Waals surface area contributed by atoms with E-state index < -0.39 is 8.80 Å². The molecule has 0 aliphatic heterocycles. The Labute approximate surface area is 136 Å². The van der Waals surface area contributed by atoms with Crippen LogP contribution in [0.5, 0.6) is 0 Å². The molecular weight excluding hydrogens is 320 g/mol. The zero-order valence-corrected chi connectivity index (χ0v) is 14.9. The lowest BCUT2D eigenvalue weighted by molar-refractivity contribution is 0.114. The number of nitrogens with one attached hydrogen (secondary N) is 3. The number of anilines is 3. The summed E-state index contributed by atoms with van der Waals surface area (Å²) >= 11 is 0. The van der Waals surface area contributed by atoms with E-state index in [4.69, 9.17) is 24.7 Å². The molecule has 23 heavy (non-hydrogen) atoms. The van der Waals surface area contributed by atoms with Crippen molar-refractivity contribution in [3.8, 4) is 0 Å². The van der Waals surface area contributed by atoms with Gasteiger partial charge >= 0.3 is 8.80 Å². The standard InChI is InChI=1S/C11H26N8O3Si/c1-5-8(23(20-2,21-3)22-4)16-11-18-9(14-6-12)17-10(19-11)15-7-13/h8H,5-7,12-13H2,1-4H3,(H3,14,15,16,17,18,19). The first-order valence-electron chi connectivity index (χ1n) is 7.15. The minimum absolute atomic E-state index is 0.190. The highest BCUT2D eigenvalue weighted by atomic mass is 28.4. The van der Waals surface area contributed by atoms with Gasteiger partial charge in [0.05, 0.1) is 19.0 Å². The molecule has 0 bridgehead atoms. The predicted molar refractivity (Wildman–Crippen MR) is 89.7 cm³/mol. The van der Waals surface area contributed by atoms with E-state index in [1.54, 1.807) is 21.3 Å². The molecule has 12 heteroatoms. The minimum atomic E-state index is -2.90. The van der Waals surface area contributed by atoms with Crippen LogP contribution in [0.1, 0.15) is 13.3 Å². The Morgan fingerprint density at radius 2 is 1.35 bits per heavy atom. The van der Waals surface area contributed by atoms with Crippen LogP contribution in [-0.4, -0.2) is 64.1 Å². The highest BCUT2D eigenvalue weighted by Crippen LogP contribution is 2.19. The van der Waals surface area contributed by atoms with E-state index in [2.05, 4.69) is 30.9 Å². The van der Waals surface area contributed by atoms with E-state index in [1.807, 2.05) is 6.92 Å². The fraction of sp³-hybridized carbons (Fsp3) is 0.727. The van der Waals surface area contributed by atoms with E-state index >= 15 is 0 Å². The highest BCUT2D eigenvalue weighted by molar-refractivity contribution is 6.63. The quantitative estimate of drug-likeness (QED) is 0.251. The molecule has 1 heterocycles. The van der Waals surface area contributed by atoms with Crippen molar-refractivity contribution in [2.75, 3.05) is 50.6 Å². The zero-order chi connectivity index (χ0) is 17.3. The molecule has 0 fully saturated rings. The number of aromatic nitrogens is 3. The van der Waals surface area contributed by atoms with Gasteiger partial charge in [-0.2, -0.15) is 15.0 Å². The van der Waals surface area contributed by atoms with Crippen molar-refractivity contribution in [3.05, 3.63) is 0 Å². The molecule has 0 saturated carbocycles. The van der Waals surface area contributed by atoms with Crippen LogP contribution in [0.2, 0.25) is 0 Å². The number of hydrogen-bond acceptors (Lipinski definition) is 11. The Kier molecular flexibility index (Phi) is 8.08. The first-order valence-corrected chi connectivity index (χ1v) is 8.95. The third kappa shape index (κ3) is 4.95. The van der Waals surface area contributed by atoms with Crippen LogP contribution < -0.4 is 27.4 Å². The molecular formula is C11H26N8O3Si. The monoisotopic (exact) mass is 346 g/mol. The van der Waals surface area contributed by atoms with Gasteiger partial charge in [0, 0.05) is 21.3 Å². The average Bonchev–Trinajstić information content (AvgIpc) is 2.56. The van der Waals surface area contributed by atoms with E-state index in [1.165, 1.54) is 0 Å². The molecule has 0 aliphatic carbocycles.